The van der Waals surface area contributed by atoms with Crippen LogP contribution in [0.1, 0.15) is 30.4 Å². The Morgan fingerprint density at radius 1 is 1.26 bits per heavy atom. The molecule has 0 amide bonds. The first kappa shape index (κ1) is 15.6. The van der Waals surface area contributed by atoms with Crippen molar-refractivity contribution < 1.29 is 17.9 Å². The van der Waals surface area contributed by atoms with E-state index in [1.807, 2.05) is 6.07 Å². The average Bonchev–Trinajstić information content (AvgIpc) is 2.37. The Hall–Kier alpha value is -1.41. The molecule has 0 N–H and O–H groups in total. The van der Waals surface area contributed by atoms with Gasteiger partial charge in [0.05, 0.1) is 18.2 Å². The Kier molecular flexibility index (Phi) is 5.97. The maximum atomic E-state index is 12.8. The van der Waals surface area contributed by atoms with Crippen molar-refractivity contribution in [3.63, 3.8) is 0 Å². The SMILES string of the molecule is N#CCCCCOc1ccc(CCl)cc1C(F)(F)F. The standard InChI is InChI=1S/C13H13ClF3NO/c14-9-10-4-5-12(11(8-10)13(15,16)17)19-7-3-1-2-6-18/h4-5,8H,1-3,7,9H2. The van der Waals surface area contributed by atoms with Gasteiger partial charge in [0, 0.05) is 12.3 Å². The summed E-state index contributed by atoms with van der Waals surface area (Å²) in [6, 6.07) is 5.75. The van der Waals surface area contributed by atoms with E-state index in [-0.39, 0.29) is 18.2 Å². The predicted octanol–water partition coefficient (Wildman–Crippen LogP) is 4.52. The fourth-order valence-corrected chi connectivity index (χ4v) is 1.66. The van der Waals surface area contributed by atoms with Crippen LogP contribution in [-0.2, 0) is 12.1 Å². The predicted molar refractivity (Wildman–Crippen MR) is 66.0 cm³/mol. The summed E-state index contributed by atoms with van der Waals surface area (Å²) in [7, 11) is 0. The summed E-state index contributed by atoms with van der Waals surface area (Å²) in [5.41, 5.74) is -0.420. The first-order valence-electron chi connectivity index (χ1n) is 5.75. The summed E-state index contributed by atoms with van der Waals surface area (Å²) in [6.07, 6.45) is -2.94. The molecule has 0 heterocycles. The van der Waals surface area contributed by atoms with Crippen molar-refractivity contribution in [2.24, 2.45) is 0 Å². The van der Waals surface area contributed by atoms with Gasteiger partial charge in [0.15, 0.2) is 0 Å². The van der Waals surface area contributed by atoms with Gasteiger partial charge in [-0.2, -0.15) is 18.4 Å². The third-order valence-corrected chi connectivity index (χ3v) is 2.75. The van der Waals surface area contributed by atoms with Crippen molar-refractivity contribution >= 4 is 11.6 Å². The lowest BCUT2D eigenvalue weighted by Crippen LogP contribution is -2.10. The Labute approximate surface area is 114 Å². The lowest BCUT2D eigenvalue weighted by atomic mass is 10.1. The van der Waals surface area contributed by atoms with Gasteiger partial charge >= 0.3 is 6.18 Å². The minimum absolute atomic E-state index is 0.0194. The number of alkyl halides is 4. The fourth-order valence-electron chi connectivity index (χ4n) is 1.50. The molecule has 0 saturated carbocycles. The van der Waals surface area contributed by atoms with E-state index in [9.17, 15) is 13.2 Å². The normalized spacial score (nSPS) is 11.1. The highest BCUT2D eigenvalue weighted by Crippen LogP contribution is 2.37. The molecule has 0 aliphatic rings. The second-order valence-corrected chi connectivity index (χ2v) is 4.19. The number of halogens is 4. The van der Waals surface area contributed by atoms with E-state index in [1.54, 1.807) is 0 Å². The maximum Gasteiger partial charge on any atom is 0.419 e. The molecule has 0 saturated heterocycles. The van der Waals surface area contributed by atoms with Crippen LogP contribution in [0.4, 0.5) is 13.2 Å². The number of hydrogen-bond donors (Lipinski definition) is 0. The van der Waals surface area contributed by atoms with Gasteiger partial charge in [0.25, 0.3) is 0 Å². The molecule has 0 atom stereocenters. The first-order chi connectivity index (χ1) is 8.99. The van der Waals surface area contributed by atoms with Crippen molar-refractivity contribution in [2.75, 3.05) is 6.61 Å². The van der Waals surface area contributed by atoms with Crippen LogP contribution >= 0.6 is 11.6 Å². The summed E-state index contributed by atoms with van der Waals surface area (Å²) < 4.78 is 43.6. The second-order valence-electron chi connectivity index (χ2n) is 3.93. The van der Waals surface area contributed by atoms with Gasteiger partial charge in [-0.15, -0.1) is 11.6 Å². The molecular weight excluding hydrogens is 279 g/mol. The second kappa shape index (κ2) is 7.25. The van der Waals surface area contributed by atoms with E-state index >= 15 is 0 Å². The van der Waals surface area contributed by atoms with Gasteiger partial charge in [0.2, 0.25) is 0 Å². The molecule has 104 valence electrons. The monoisotopic (exact) mass is 291 g/mol. The summed E-state index contributed by atoms with van der Waals surface area (Å²) in [4.78, 5) is 0. The zero-order chi connectivity index (χ0) is 14.3. The molecule has 0 fully saturated rings. The molecule has 0 aliphatic heterocycles. The first-order valence-corrected chi connectivity index (χ1v) is 6.28. The van der Waals surface area contributed by atoms with Crippen LogP contribution in [0.5, 0.6) is 5.75 Å². The fraction of sp³-hybridized carbons (Fsp3) is 0.462. The molecule has 0 spiro atoms. The van der Waals surface area contributed by atoms with Crippen LogP contribution in [0.15, 0.2) is 18.2 Å². The number of rotatable bonds is 6. The van der Waals surface area contributed by atoms with Crippen LogP contribution < -0.4 is 4.74 Å². The van der Waals surface area contributed by atoms with E-state index in [2.05, 4.69) is 0 Å². The topological polar surface area (TPSA) is 33.0 Å². The molecule has 6 heteroatoms. The van der Waals surface area contributed by atoms with Gasteiger partial charge in [-0.3, -0.25) is 0 Å². The zero-order valence-electron chi connectivity index (χ0n) is 10.1. The highest BCUT2D eigenvalue weighted by molar-refractivity contribution is 6.17. The minimum atomic E-state index is -4.47. The molecule has 0 unspecified atom stereocenters. The van der Waals surface area contributed by atoms with E-state index in [1.165, 1.54) is 12.1 Å². The highest BCUT2D eigenvalue weighted by atomic mass is 35.5. The van der Waals surface area contributed by atoms with E-state index in [0.717, 1.165) is 6.07 Å². The zero-order valence-corrected chi connectivity index (χ0v) is 10.9. The van der Waals surface area contributed by atoms with E-state index < -0.39 is 11.7 Å². The molecular formula is C13H13ClF3NO. The Bertz CT molecular complexity index is 454. The summed E-state index contributed by atoms with van der Waals surface area (Å²) in [5.74, 6) is -0.177. The molecule has 2 nitrogen and oxygen atoms in total. The van der Waals surface area contributed by atoms with Crippen LogP contribution in [0.2, 0.25) is 0 Å². The lowest BCUT2D eigenvalue weighted by Gasteiger charge is -2.14. The van der Waals surface area contributed by atoms with Crippen molar-refractivity contribution in [2.45, 2.75) is 31.3 Å². The number of nitrogens with zero attached hydrogens (tertiary/aromatic N) is 1. The Morgan fingerprint density at radius 2 is 2.00 bits per heavy atom. The van der Waals surface area contributed by atoms with E-state index in [4.69, 9.17) is 21.6 Å². The summed E-state index contributed by atoms with van der Waals surface area (Å²) in [5, 5.41) is 8.34. The van der Waals surface area contributed by atoms with Crippen LogP contribution in [0, 0.1) is 11.3 Å². The third-order valence-electron chi connectivity index (χ3n) is 2.44. The van der Waals surface area contributed by atoms with Gasteiger partial charge < -0.3 is 4.74 Å². The third kappa shape index (κ3) is 4.99. The number of hydrogen-bond acceptors (Lipinski definition) is 2. The van der Waals surface area contributed by atoms with Gasteiger partial charge in [-0.1, -0.05) is 6.07 Å². The lowest BCUT2D eigenvalue weighted by molar-refractivity contribution is -0.139. The Balaban J connectivity index is 2.74. The molecule has 0 aromatic heterocycles. The maximum absolute atomic E-state index is 12.8. The Morgan fingerprint density at radius 3 is 2.58 bits per heavy atom. The largest absolute Gasteiger partial charge is 0.493 e. The van der Waals surface area contributed by atoms with Gasteiger partial charge in [-0.05, 0) is 30.5 Å². The molecule has 1 aromatic carbocycles. The van der Waals surface area contributed by atoms with Crippen molar-refractivity contribution in [1.29, 1.82) is 5.26 Å². The molecule has 19 heavy (non-hydrogen) atoms. The molecule has 0 aliphatic carbocycles. The van der Waals surface area contributed by atoms with Crippen molar-refractivity contribution in [3.05, 3.63) is 29.3 Å². The smallest absolute Gasteiger partial charge is 0.419 e. The summed E-state index contributed by atoms with van der Waals surface area (Å²) in [6.45, 7) is 0.158. The van der Waals surface area contributed by atoms with Crippen LogP contribution in [0.25, 0.3) is 0 Å². The van der Waals surface area contributed by atoms with E-state index in [0.29, 0.717) is 24.8 Å². The number of ether oxygens (including phenoxy) is 1. The van der Waals surface area contributed by atoms with Crippen molar-refractivity contribution in [3.8, 4) is 11.8 Å². The van der Waals surface area contributed by atoms with Crippen LogP contribution in [-0.4, -0.2) is 6.61 Å². The van der Waals surface area contributed by atoms with Gasteiger partial charge in [0.1, 0.15) is 5.75 Å². The minimum Gasteiger partial charge on any atom is -0.493 e. The van der Waals surface area contributed by atoms with Crippen LogP contribution in [0.3, 0.4) is 0 Å². The number of benzene rings is 1. The van der Waals surface area contributed by atoms with Gasteiger partial charge in [-0.25, -0.2) is 0 Å². The molecule has 0 bridgehead atoms. The summed E-state index contributed by atoms with van der Waals surface area (Å²) >= 11 is 5.52. The van der Waals surface area contributed by atoms with Crippen molar-refractivity contribution in [1.82, 2.24) is 0 Å². The average molecular weight is 292 g/mol. The highest BCUT2D eigenvalue weighted by Gasteiger charge is 2.34. The quantitative estimate of drug-likeness (QED) is 0.570. The molecule has 0 radical (unpaired) electrons. The molecule has 1 rings (SSSR count). The number of unbranched alkanes of at least 4 members (excludes halogenated alkanes) is 2. The number of nitriles is 1. The molecule has 1 aromatic rings.